The number of carbonyl (C=O) groups is 1. The van der Waals surface area contributed by atoms with Gasteiger partial charge < -0.3 is 4.74 Å². The fourth-order valence-corrected chi connectivity index (χ4v) is 3.60. The van der Waals surface area contributed by atoms with Crippen LogP contribution in [-0.4, -0.2) is 18.2 Å². The summed E-state index contributed by atoms with van der Waals surface area (Å²) in [4.78, 5) is 12.2. The normalized spacial score (nSPS) is 15.3. The van der Waals surface area contributed by atoms with Crippen molar-refractivity contribution in [2.45, 2.75) is 45.4 Å². The van der Waals surface area contributed by atoms with E-state index in [-0.39, 0.29) is 17.9 Å². The molecule has 3 rings (SSSR count). The van der Waals surface area contributed by atoms with Crippen LogP contribution >= 0.6 is 15.9 Å². The maximum absolute atomic E-state index is 12.2. The predicted octanol–water partition coefficient (Wildman–Crippen LogP) is 4.98. The second-order valence-electron chi connectivity index (χ2n) is 7.79. The molecule has 0 atom stereocenters. The highest BCUT2D eigenvalue weighted by atomic mass is 79.9. The number of nitrogens with one attached hydrogen (secondary N) is 1. The maximum atomic E-state index is 12.2. The van der Waals surface area contributed by atoms with Crippen LogP contribution in [-0.2, 0) is 16.6 Å². The fourth-order valence-electron chi connectivity index (χ4n) is 3.11. The lowest BCUT2D eigenvalue weighted by Gasteiger charge is -2.20. The van der Waals surface area contributed by atoms with Crippen molar-refractivity contribution in [3.05, 3.63) is 63.6 Å². The summed E-state index contributed by atoms with van der Waals surface area (Å²) >= 11 is 3.53. The van der Waals surface area contributed by atoms with Crippen LogP contribution in [0.2, 0.25) is 0 Å². The molecule has 0 heterocycles. The molecule has 142 valence electrons. The summed E-state index contributed by atoms with van der Waals surface area (Å²) in [6.45, 7) is 6.40. The Morgan fingerprint density at radius 2 is 1.96 bits per heavy atom. The molecule has 1 aliphatic carbocycles. The number of hydrogen-bond acceptors (Lipinski definition) is 3. The average molecular weight is 429 g/mol. The second-order valence-corrected chi connectivity index (χ2v) is 8.64. The third-order valence-corrected chi connectivity index (χ3v) is 5.28. The minimum atomic E-state index is -0.266. The highest BCUT2D eigenvalue weighted by Gasteiger charge is 2.17. The number of nitrogens with zero attached hydrogens (tertiary/aromatic N) is 1. The lowest BCUT2D eigenvalue weighted by Crippen LogP contribution is -2.27. The van der Waals surface area contributed by atoms with E-state index < -0.39 is 0 Å². The number of fused-ring (bicyclic) bond motifs is 1. The molecule has 5 heteroatoms. The van der Waals surface area contributed by atoms with Crippen molar-refractivity contribution in [3.63, 3.8) is 0 Å². The van der Waals surface area contributed by atoms with Crippen LogP contribution in [0.3, 0.4) is 0 Å². The zero-order chi connectivity index (χ0) is 19.4. The molecule has 0 fully saturated rings. The van der Waals surface area contributed by atoms with Gasteiger partial charge in [-0.1, -0.05) is 51.1 Å². The molecule has 27 heavy (non-hydrogen) atoms. The summed E-state index contributed by atoms with van der Waals surface area (Å²) in [5.74, 6) is 0.381. The molecule has 1 amide bonds. The number of hydrogen-bond donors (Lipinski definition) is 1. The monoisotopic (exact) mass is 428 g/mol. The lowest BCUT2D eigenvalue weighted by atomic mass is 9.87. The third kappa shape index (κ3) is 4.98. The van der Waals surface area contributed by atoms with Gasteiger partial charge in [-0.15, -0.1) is 0 Å². The smallest absolute Gasteiger partial charge is 0.277 e. The first-order valence-electron chi connectivity index (χ1n) is 9.21. The standard InChI is InChI=1S/C22H25BrN2O2/c1-22(2,3)16-11-12-20(18(23)13-16)27-14-21(26)25-24-19-10-6-8-15-7-4-5-9-17(15)19/h4-5,7,9,11-13H,6,8,10,14H2,1-3H3,(H,25,26). The number of halogens is 1. The zero-order valence-corrected chi connectivity index (χ0v) is 17.6. The van der Waals surface area contributed by atoms with Gasteiger partial charge in [0, 0.05) is 5.56 Å². The highest BCUT2D eigenvalue weighted by molar-refractivity contribution is 9.10. The number of benzene rings is 2. The van der Waals surface area contributed by atoms with Crippen molar-refractivity contribution in [2.75, 3.05) is 6.61 Å². The van der Waals surface area contributed by atoms with Gasteiger partial charge in [0.25, 0.3) is 5.91 Å². The molecule has 1 aliphatic rings. The maximum Gasteiger partial charge on any atom is 0.277 e. The molecule has 0 saturated heterocycles. The van der Waals surface area contributed by atoms with Gasteiger partial charge in [0.05, 0.1) is 10.2 Å². The summed E-state index contributed by atoms with van der Waals surface area (Å²) in [6, 6.07) is 14.2. The molecule has 0 spiro atoms. The van der Waals surface area contributed by atoms with Crippen molar-refractivity contribution in [1.29, 1.82) is 0 Å². The van der Waals surface area contributed by atoms with Gasteiger partial charge in [-0.05, 0) is 63.9 Å². The number of amides is 1. The van der Waals surface area contributed by atoms with Crippen LogP contribution in [0.15, 0.2) is 52.0 Å². The summed E-state index contributed by atoms with van der Waals surface area (Å²) < 4.78 is 6.49. The Labute approximate surface area is 169 Å². The van der Waals surface area contributed by atoms with E-state index in [1.54, 1.807) is 0 Å². The van der Waals surface area contributed by atoms with Crippen LogP contribution in [0.1, 0.15) is 50.3 Å². The zero-order valence-electron chi connectivity index (χ0n) is 16.0. The Kier molecular flexibility index (Phi) is 6.00. The third-order valence-electron chi connectivity index (χ3n) is 4.66. The predicted molar refractivity (Wildman–Crippen MR) is 112 cm³/mol. The van der Waals surface area contributed by atoms with Crippen molar-refractivity contribution in [2.24, 2.45) is 5.10 Å². The Bertz CT molecular complexity index is 869. The Hall–Kier alpha value is -2.14. The molecule has 0 radical (unpaired) electrons. The molecule has 2 aromatic rings. The summed E-state index contributed by atoms with van der Waals surface area (Å²) in [5, 5.41) is 4.33. The molecule has 0 aliphatic heterocycles. The van der Waals surface area contributed by atoms with E-state index >= 15 is 0 Å². The molecule has 4 nitrogen and oxygen atoms in total. The van der Waals surface area contributed by atoms with Crippen molar-refractivity contribution < 1.29 is 9.53 Å². The molecule has 0 saturated carbocycles. The number of carbonyl (C=O) groups excluding carboxylic acids is 1. The largest absolute Gasteiger partial charge is 0.483 e. The van der Waals surface area contributed by atoms with Crippen LogP contribution < -0.4 is 10.2 Å². The Balaban J connectivity index is 1.60. The van der Waals surface area contributed by atoms with E-state index in [0.29, 0.717) is 5.75 Å². The number of aryl methyl sites for hydroxylation is 1. The van der Waals surface area contributed by atoms with E-state index in [0.717, 1.165) is 35.0 Å². The van der Waals surface area contributed by atoms with E-state index in [1.807, 2.05) is 30.3 Å². The van der Waals surface area contributed by atoms with Crippen LogP contribution in [0.4, 0.5) is 0 Å². The number of rotatable bonds is 4. The number of ether oxygens (including phenoxy) is 1. The van der Waals surface area contributed by atoms with E-state index in [1.165, 1.54) is 11.1 Å². The first-order chi connectivity index (χ1) is 12.8. The molecule has 1 N–H and O–H groups in total. The van der Waals surface area contributed by atoms with Gasteiger partial charge >= 0.3 is 0 Å². The van der Waals surface area contributed by atoms with Gasteiger partial charge in [0.1, 0.15) is 5.75 Å². The van der Waals surface area contributed by atoms with Gasteiger partial charge in [0.2, 0.25) is 0 Å². The summed E-state index contributed by atoms with van der Waals surface area (Å²) in [6.07, 6.45) is 2.98. The molecular weight excluding hydrogens is 404 g/mol. The van der Waals surface area contributed by atoms with Crippen LogP contribution in [0.25, 0.3) is 0 Å². The van der Waals surface area contributed by atoms with Gasteiger partial charge in [-0.2, -0.15) is 5.10 Å². The lowest BCUT2D eigenvalue weighted by molar-refractivity contribution is -0.123. The van der Waals surface area contributed by atoms with Gasteiger partial charge in [0.15, 0.2) is 6.61 Å². The molecular formula is C22H25BrN2O2. The quantitative estimate of drug-likeness (QED) is 0.697. The van der Waals surface area contributed by atoms with Crippen molar-refractivity contribution >= 4 is 27.5 Å². The SMILES string of the molecule is CC(C)(C)c1ccc(OCC(=O)NN=C2CCCc3ccccc32)c(Br)c1. The summed E-state index contributed by atoms with van der Waals surface area (Å²) in [7, 11) is 0. The highest BCUT2D eigenvalue weighted by Crippen LogP contribution is 2.31. The van der Waals surface area contributed by atoms with Gasteiger partial charge in [-0.25, -0.2) is 5.43 Å². The minimum absolute atomic E-state index is 0.0603. The van der Waals surface area contributed by atoms with E-state index in [4.69, 9.17) is 4.74 Å². The van der Waals surface area contributed by atoms with Crippen LogP contribution in [0, 0.1) is 0 Å². The van der Waals surface area contributed by atoms with Crippen molar-refractivity contribution in [1.82, 2.24) is 5.43 Å². The van der Waals surface area contributed by atoms with E-state index in [9.17, 15) is 4.79 Å². The summed E-state index contributed by atoms with van der Waals surface area (Å²) in [5.41, 5.74) is 7.24. The fraction of sp³-hybridized carbons (Fsp3) is 0.364. The van der Waals surface area contributed by atoms with E-state index in [2.05, 4.69) is 59.4 Å². The molecule has 0 unspecified atom stereocenters. The second kappa shape index (κ2) is 8.26. The Morgan fingerprint density at radius 3 is 2.70 bits per heavy atom. The topological polar surface area (TPSA) is 50.7 Å². The van der Waals surface area contributed by atoms with Crippen LogP contribution in [0.5, 0.6) is 5.75 Å². The first kappa shape index (κ1) is 19.6. The minimum Gasteiger partial charge on any atom is -0.483 e. The molecule has 2 aromatic carbocycles. The Morgan fingerprint density at radius 1 is 1.19 bits per heavy atom. The first-order valence-corrected chi connectivity index (χ1v) is 10.0. The van der Waals surface area contributed by atoms with Gasteiger partial charge in [-0.3, -0.25) is 4.79 Å². The molecule has 0 bridgehead atoms. The molecule has 0 aromatic heterocycles. The van der Waals surface area contributed by atoms with Crippen molar-refractivity contribution in [3.8, 4) is 5.75 Å². The average Bonchev–Trinajstić information content (AvgIpc) is 2.64. The number of hydrazone groups is 1.